The summed E-state index contributed by atoms with van der Waals surface area (Å²) in [4.78, 5) is 16.8. The number of halogens is 2. The Kier molecular flexibility index (Phi) is 7.67. The smallest absolute Gasteiger partial charge is 0.254 e. The van der Waals surface area contributed by atoms with Crippen LogP contribution in [-0.2, 0) is 11.3 Å². The molecule has 2 aromatic carbocycles. The van der Waals surface area contributed by atoms with Gasteiger partial charge in [-0.3, -0.25) is 14.6 Å². The summed E-state index contributed by atoms with van der Waals surface area (Å²) in [6, 6.07) is 13.9. The highest BCUT2D eigenvalue weighted by atomic mass is 35.5. The van der Waals surface area contributed by atoms with Crippen molar-refractivity contribution in [2.24, 2.45) is 5.10 Å². The fourth-order valence-electron chi connectivity index (χ4n) is 3.28. The summed E-state index contributed by atoms with van der Waals surface area (Å²) in [6.07, 6.45) is 0. The molecule has 1 N–H and O–H groups in total. The molecule has 0 aliphatic carbocycles. The maximum absolute atomic E-state index is 12.3. The molecule has 29 heavy (non-hydrogen) atoms. The second-order valence-electron chi connectivity index (χ2n) is 7.39. The van der Waals surface area contributed by atoms with E-state index in [4.69, 9.17) is 23.2 Å². The molecule has 0 radical (unpaired) electrons. The Balaban J connectivity index is 1.44. The number of nitrogens with zero attached hydrogens (tertiary/aromatic N) is 3. The Hall–Kier alpha value is -1.92. The molecule has 1 saturated heterocycles. The van der Waals surface area contributed by atoms with Crippen LogP contribution in [-0.4, -0.2) is 54.1 Å². The molecule has 5 nitrogen and oxygen atoms in total. The first-order valence-corrected chi connectivity index (χ1v) is 10.4. The zero-order chi connectivity index (χ0) is 20.8. The van der Waals surface area contributed by atoms with Gasteiger partial charge in [-0.25, -0.2) is 5.43 Å². The van der Waals surface area contributed by atoms with Crippen LogP contribution in [0.25, 0.3) is 0 Å². The summed E-state index contributed by atoms with van der Waals surface area (Å²) in [6.45, 7) is 8.82. The number of nitrogens with one attached hydrogen (secondary N) is 1. The number of hydrazone groups is 1. The van der Waals surface area contributed by atoms with Gasteiger partial charge in [-0.15, -0.1) is 0 Å². The van der Waals surface area contributed by atoms with Crippen molar-refractivity contribution in [3.05, 3.63) is 69.2 Å². The van der Waals surface area contributed by atoms with Gasteiger partial charge in [0.2, 0.25) is 0 Å². The van der Waals surface area contributed by atoms with Crippen LogP contribution in [0.2, 0.25) is 10.0 Å². The summed E-state index contributed by atoms with van der Waals surface area (Å²) in [5.41, 5.74) is 6.63. The highest BCUT2D eigenvalue weighted by molar-refractivity contribution is 6.37. The first-order valence-electron chi connectivity index (χ1n) is 9.69. The molecule has 2 aromatic rings. The van der Waals surface area contributed by atoms with Gasteiger partial charge in [0.15, 0.2) is 0 Å². The standard InChI is InChI=1S/C22H26Cl2N4O/c1-16-3-5-18(6-4-16)14-27-9-11-28(12-10-27)15-22(29)26-25-17(2)20-8-7-19(23)13-21(20)24/h3-8,13H,9-12,14-15H2,1-2H3,(H,26,29)/b25-17-. The first kappa shape index (κ1) is 21.8. The molecule has 0 bridgehead atoms. The second kappa shape index (κ2) is 10.2. The molecule has 0 unspecified atom stereocenters. The molecular weight excluding hydrogens is 407 g/mol. The highest BCUT2D eigenvalue weighted by Gasteiger charge is 2.19. The molecule has 1 aliphatic heterocycles. The lowest BCUT2D eigenvalue weighted by molar-refractivity contribution is -0.122. The lowest BCUT2D eigenvalue weighted by Crippen LogP contribution is -2.48. The number of amides is 1. The van der Waals surface area contributed by atoms with Crippen molar-refractivity contribution < 1.29 is 4.79 Å². The molecule has 3 rings (SSSR count). The summed E-state index contributed by atoms with van der Waals surface area (Å²) in [5, 5.41) is 5.26. The van der Waals surface area contributed by atoms with Crippen LogP contribution in [0.15, 0.2) is 47.6 Å². The van der Waals surface area contributed by atoms with E-state index in [1.165, 1.54) is 11.1 Å². The van der Waals surface area contributed by atoms with Gasteiger partial charge >= 0.3 is 0 Å². The van der Waals surface area contributed by atoms with Crippen molar-refractivity contribution in [1.29, 1.82) is 0 Å². The molecule has 1 aliphatic rings. The number of rotatable bonds is 6. The normalized spacial score (nSPS) is 16.1. The van der Waals surface area contributed by atoms with Gasteiger partial charge in [0.05, 0.1) is 17.3 Å². The fourth-order valence-corrected chi connectivity index (χ4v) is 3.83. The van der Waals surface area contributed by atoms with E-state index in [0.29, 0.717) is 22.3 Å². The van der Waals surface area contributed by atoms with Crippen molar-refractivity contribution in [2.45, 2.75) is 20.4 Å². The molecule has 1 amide bonds. The van der Waals surface area contributed by atoms with E-state index in [2.05, 4.69) is 51.5 Å². The largest absolute Gasteiger partial charge is 0.297 e. The average Bonchev–Trinajstić information content (AvgIpc) is 2.69. The van der Waals surface area contributed by atoms with Crippen LogP contribution in [0.4, 0.5) is 0 Å². The van der Waals surface area contributed by atoms with E-state index >= 15 is 0 Å². The lowest BCUT2D eigenvalue weighted by atomic mass is 10.1. The van der Waals surface area contributed by atoms with Gasteiger partial charge in [-0.1, -0.05) is 59.1 Å². The van der Waals surface area contributed by atoms with Crippen LogP contribution in [0.3, 0.4) is 0 Å². The fraction of sp³-hybridized carbons (Fsp3) is 0.364. The number of piperazine rings is 1. The van der Waals surface area contributed by atoms with E-state index in [0.717, 1.165) is 38.3 Å². The Morgan fingerprint density at radius 2 is 1.69 bits per heavy atom. The van der Waals surface area contributed by atoms with Gasteiger partial charge in [0.1, 0.15) is 0 Å². The molecule has 0 atom stereocenters. The molecule has 0 aromatic heterocycles. The average molecular weight is 433 g/mol. The zero-order valence-corrected chi connectivity index (χ0v) is 18.3. The maximum Gasteiger partial charge on any atom is 0.254 e. The van der Waals surface area contributed by atoms with E-state index in [-0.39, 0.29) is 5.91 Å². The number of hydrogen-bond donors (Lipinski definition) is 1. The minimum Gasteiger partial charge on any atom is -0.297 e. The number of carbonyl (C=O) groups is 1. The van der Waals surface area contributed by atoms with E-state index < -0.39 is 0 Å². The molecule has 7 heteroatoms. The monoisotopic (exact) mass is 432 g/mol. The minimum atomic E-state index is -0.124. The quantitative estimate of drug-likeness (QED) is 0.554. The van der Waals surface area contributed by atoms with E-state index in [9.17, 15) is 4.79 Å². The highest BCUT2D eigenvalue weighted by Crippen LogP contribution is 2.21. The topological polar surface area (TPSA) is 47.9 Å². The molecule has 1 fully saturated rings. The van der Waals surface area contributed by atoms with Crippen molar-refractivity contribution in [3.8, 4) is 0 Å². The SMILES string of the molecule is C/C(=N/NC(=O)CN1CCN(Cc2ccc(C)cc2)CC1)c1ccc(Cl)cc1Cl. The van der Waals surface area contributed by atoms with Crippen molar-refractivity contribution in [1.82, 2.24) is 15.2 Å². The van der Waals surface area contributed by atoms with Crippen LogP contribution in [0, 0.1) is 6.92 Å². The predicted octanol–water partition coefficient (Wildman–Crippen LogP) is 3.96. The number of hydrogen-bond acceptors (Lipinski definition) is 4. The Bertz CT molecular complexity index is 875. The van der Waals surface area contributed by atoms with Crippen LogP contribution < -0.4 is 5.43 Å². The van der Waals surface area contributed by atoms with Crippen molar-refractivity contribution in [2.75, 3.05) is 32.7 Å². The van der Waals surface area contributed by atoms with Gasteiger partial charge in [0.25, 0.3) is 5.91 Å². The second-order valence-corrected chi connectivity index (χ2v) is 8.24. The van der Waals surface area contributed by atoms with Crippen molar-refractivity contribution >= 4 is 34.8 Å². The van der Waals surface area contributed by atoms with Gasteiger partial charge < -0.3 is 0 Å². The van der Waals surface area contributed by atoms with Gasteiger partial charge in [-0.05, 0) is 31.5 Å². The Morgan fingerprint density at radius 1 is 1.03 bits per heavy atom. The minimum absolute atomic E-state index is 0.124. The van der Waals surface area contributed by atoms with E-state index in [1.807, 2.05) is 0 Å². The Morgan fingerprint density at radius 3 is 2.34 bits per heavy atom. The third-order valence-corrected chi connectivity index (χ3v) is 5.58. The summed E-state index contributed by atoms with van der Waals surface area (Å²) in [7, 11) is 0. The number of carbonyl (C=O) groups excluding carboxylic acids is 1. The molecular formula is C22H26Cl2N4O. The molecule has 1 heterocycles. The molecule has 154 valence electrons. The molecule has 0 saturated carbocycles. The van der Waals surface area contributed by atoms with Gasteiger partial charge in [0, 0.05) is 43.3 Å². The van der Waals surface area contributed by atoms with Crippen LogP contribution in [0.5, 0.6) is 0 Å². The van der Waals surface area contributed by atoms with E-state index in [1.54, 1.807) is 25.1 Å². The van der Waals surface area contributed by atoms with Crippen LogP contribution in [0.1, 0.15) is 23.6 Å². The first-order chi connectivity index (χ1) is 13.9. The van der Waals surface area contributed by atoms with Crippen molar-refractivity contribution in [3.63, 3.8) is 0 Å². The molecule has 0 spiro atoms. The van der Waals surface area contributed by atoms with Gasteiger partial charge in [-0.2, -0.15) is 5.10 Å². The maximum atomic E-state index is 12.3. The van der Waals surface area contributed by atoms with Crippen LogP contribution >= 0.6 is 23.2 Å². The number of benzene rings is 2. The summed E-state index contributed by atoms with van der Waals surface area (Å²) < 4.78 is 0. The summed E-state index contributed by atoms with van der Waals surface area (Å²) in [5.74, 6) is -0.124. The Labute approximate surface area is 182 Å². The third-order valence-electron chi connectivity index (χ3n) is 5.03. The lowest BCUT2D eigenvalue weighted by Gasteiger charge is -2.34. The zero-order valence-electron chi connectivity index (χ0n) is 16.8. The third kappa shape index (κ3) is 6.54. The summed E-state index contributed by atoms with van der Waals surface area (Å²) >= 11 is 12.1. The predicted molar refractivity (Wildman–Crippen MR) is 120 cm³/mol. The number of aryl methyl sites for hydroxylation is 1.